The van der Waals surface area contributed by atoms with E-state index < -0.39 is 0 Å². The number of benzene rings is 1. The first-order chi connectivity index (χ1) is 11.8. The van der Waals surface area contributed by atoms with Gasteiger partial charge in [-0.2, -0.15) is 0 Å². The van der Waals surface area contributed by atoms with Gasteiger partial charge in [0.25, 0.3) is 0 Å². The van der Waals surface area contributed by atoms with Crippen LogP contribution in [0.5, 0.6) is 0 Å². The van der Waals surface area contributed by atoms with E-state index in [0.29, 0.717) is 19.8 Å². The van der Waals surface area contributed by atoms with Crippen molar-refractivity contribution < 1.29 is 4.74 Å². The monoisotopic (exact) mass is 330 g/mol. The lowest BCUT2D eigenvalue weighted by Gasteiger charge is -2.12. The quantitative estimate of drug-likeness (QED) is 0.411. The van der Waals surface area contributed by atoms with Crippen molar-refractivity contribution in [2.45, 2.75) is 26.5 Å². The Labute approximate surface area is 143 Å². The van der Waals surface area contributed by atoms with Crippen LogP contribution in [-0.2, 0) is 24.3 Å². The van der Waals surface area contributed by atoms with Crippen LogP contribution in [0.2, 0.25) is 0 Å². The highest BCUT2D eigenvalue weighted by atomic mass is 16.5. The third-order valence-electron chi connectivity index (χ3n) is 3.53. The van der Waals surface area contributed by atoms with Gasteiger partial charge in [0.15, 0.2) is 5.96 Å². The Morgan fingerprint density at radius 1 is 1.21 bits per heavy atom. The fourth-order valence-corrected chi connectivity index (χ4v) is 2.26. The van der Waals surface area contributed by atoms with Gasteiger partial charge in [0.1, 0.15) is 12.2 Å². The maximum atomic E-state index is 5.64. The van der Waals surface area contributed by atoms with Crippen molar-refractivity contribution in [3.05, 3.63) is 48.0 Å². The van der Waals surface area contributed by atoms with Crippen molar-refractivity contribution in [3.8, 4) is 0 Å². The molecule has 2 aromatic rings. The average molecular weight is 330 g/mol. The molecular formula is C17H26N6O. The number of aryl methyl sites for hydroxylation is 1. The molecule has 0 spiro atoms. The Kier molecular flexibility index (Phi) is 7.76. The molecule has 7 nitrogen and oxygen atoms in total. The third-order valence-corrected chi connectivity index (χ3v) is 3.53. The molecule has 130 valence electrons. The van der Waals surface area contributed by atoms with Crippen molar-refractivity contribution >= 4 is 5.96 Å². The molecule has 0 aliphatic rings. The van der Waals surface area contributed by atoms with Gasteiger partial charge in [-0.25, -0.2) is 0 Å². The maximum absolute atomic E-state index is 5.64. The smallest absolute Gasteiger partial charge is 0.191 e. The molecule has 1 aromatic heterocycles. The molecule has 7 heteroatoms. The highest BCUT2D eigenvalue weighted by molar-refractivity contribution is 5.79. The first-order valence-electron chi connectivity index (χ1n) is 8.26. The number of aliphatic imine (C=N–C) groups is 1. The molecule has 2 N–H and O–H groups in total. The molecule has 0 saturated carbocycles. The minimum absolute atomic E-state index is 0.626. The lowest BCUT2D eigenvalue weighted by atomic mass is 10.2. The number of nitrogens with one attached hydrogen (secondary N) is 2. The van der Waals surface area contributed by atoms with E-state index in [4.69, 9.17) is 4.74 Å². The van der Waals surface area contributed by atoms with E-state index in [2.05, 4.69) is 44.9 Å². The van der Waals surface area contributed by atoms with Crippen LogP contribution in [-0.4, -0.2) is 47.5 Å². The van der Waals surface area contributed by atoms with Crippen LogP contribution in [0.4, 0.5) is 0 Å². The SMILES string of the molecule is CCc1nncn1CCNC(=NC)NCCOCc1ccccc1. The molecule has 1 aromatic carbocycles. The van der Waals surface area contributed by atoms with E-state index in [1.807, 2.05) is 22.8 Å². The lowest BCUT2D eigenvalue weighted by Crippen LogP contribution is -2.40. The Bertz CT molecular complexity index is 611. The second-order valence-corrected chi connectivity index (χ2v) is 5.26. The average Bonchev–Trinajstić information content (AvgIpc) is 3.08. The minimum atomic E-state index is 0.626. The minimum Gasteiger partial charge on any atom is -0.375 e. The van der Waals surface area contributed by atoms with E-state index in [9.17, 15) is 0 Å². The van der Waals surface area contributed by atoms with Gasteiger partial charge in [0.05, 0.1) is 13.2 Å². The highest BCUT2D eigenvalue weighted by Gasteiger charge is 2.02. The molecule has 0 aliphatic carbocycles. The molecule has 0 amide bonds. The fraction of sp³-hybridized carbons (Fsp3) is 0.471. The third kappa shape index (κ3) is 6.00. The van der Waals surface area contributed by atoms with Crippen LogP contribution in [0.25, 0.3) is 0 Å². The molecule has 0 atom stereocenters. The lowest BCUT2D eigenvalue weighted by molar-refractivity contribution is 0.125. The van der Waals surface area contributed by atoms with E-state index >= 15 is 0 Å². The maximum Gasteiger partial charge on any atom is 0.191 e. The van der Waals surface area contributed by atoms with Crippen molar-refractivity contribution in [1.29, 1.82) is 0 Å². The van der Waals surface area contributed by atoms with E-state index in [1.165, 1.54) is 5.56 Å². The van der Waals surface area contributed by atoms with Crippen LogP contribution in [0.15, 0.2) is 41.7 Å². The molecule has 0 aliphatic heterocycles. The first-order valence-corrected chi connectivity index (χ1v) is 8.26. The molecule has 0 radical (unpaired) electrons. The summed E-state index contributed by atoms with van der Waals surface area (Å²) in [6, 6.07) is 10.2. The van der Waals surface area contributed by atoms with Crippen LogP contribution < -0.4 is 10.6 Å². The van der Waals surface area contributed by atoms with Crippen LogP contribution in [0.3, 0.4) is 0 Å². The summed E-state index contributed by atoms with van der Waals surface area (Å²) in [5.74, 6) is 1.76. The van der Waals surface area contributed by atoms with Crippen molar-refractivity contribution in [2.75, 3.05) is 26.7 Å². The van der Waals surface area contributed by atoms with Gasteiger partial charge in [-0.05, 0) is 5.56 Å². The largest absolute Gasteiger partial charge is 0.375 e. The molecule has 2 rings (SSSR count). The van der Waals surface area contributed by atoms with Crippen LogP contribution in [0, 0.1) is 0 Å². The zero-order chi connectivity index (χ0) is 17.0. The van der Waals surface area contributed by atoms with Crippen molar-refractivity contribution in [1.82, 2.24) is 25.4 Å². The van der Waals surface area contributed by atoms with Crippen LogP contribution >= 0.6 is 0 Å². The summed E-state index contributed by atoms with van der Waals surface area (Å²) in [6.07, 6.45) is 2.64. The summed E-state index contributed by atoms with van der Waals surface area (Å²) in [5, 5.41) is 14.5. The van der Waals surface area contributed by atoms with E-state index in [-0.39, 0.29) is 0 Å². The van der Waals surface area contributed by atoms with E-state index in [1.54, 1.807) is 13.4 Å². The Morgan fingerprint density at radius 3 is 2.75 bits per heavy atom. The number of guanidine groups is 1. The molecule has 0 bridgehead atoms. The second-order valence-electron chi connectivity index (χ2n) is 5.26. The summed E-state index contributed by atoms with van der Waals surface area (Å²) >= 11 is 0. The number of aromatic nitrogens is 3. The molecule has 1 heterocycles. The van der Waals surface area contributed by atoms with Crippen LogP contribution in [0.1, 0.15) is 18.3 Å². The predicted molar refractivity (Wildman–Crippen MR) is 94.9 cm³/mol. The highest BCUT2D eigenvalue weighted by Crippen LogP contribution is 1.99. The topological polar surface area (TPSA) is 76.4 Å². The van der Waals surface area contributed by atoms with Gasteiger partial charge in [0, 0.05) is 33.1 Å². The zero-order valence-corrected chi connectivity index (χ0v) is 14.4. The van der Waals surface area contributed by atoms with Gasteiger partial charge in [-0.3, -0.25) is 4.99 Å². The Hall–Kier alpha value is -2.41. The Balaban J connectivity index is 1.59. The summed E-state index contributed by atoms with van der Waals surface area (Å²) in [4.78, 5) is 4.20. The summed E-state index contributed by atoms with van der Waals surface area (Å²) in [6.45, 7) is 5.60. The van der Waals surface area contributed by atoms with Crippen molar-refractivity contribution in [2.24, 2.45) is 4.99 Å². The van der Waals surface area contributed by atoms with Gasteiger partial charge in [-0.15, -0.1) is 10.2 Å². The molecule has 0 unspecified atom stereocenters. The molecule has 0 fully saturated rings. The Morgan fingerprint density at radius 2 is 2.00 bits per heavy atom. The number of hydrogen-bond acceptors (Lipinski definition) is 4. The predicted octanol–water partition coefficient (Wildman–Crippen LogP) is 1.22. The van der Waals surface area contributed by atoms with Gasteiger partial charge < -0.3 is 19.9 Å². The van der Waals surface area contributed by atoms with Gasteiger partial charge in [0.2, 0.25) is 0 Å². The summed E-state index contributed by atoms with van der Waals surface area (Å²) < 4.78 is 7.69. The number of ether oxygens (including phenoxy) is 1. The number of hydrogen-bond donors (Lipinski definition) is 2. The summed E-state index contributed by atoms with van der Waals surface area (Å²) in [7, 11) is 1.76. The molecular weight excluding hydrogens is 304 g/mol. The first kappa shape index (κ1) is 17.9. The van der Waals surface area contributed by atoms with Gasteiger partial charge >= 0.3 is 0 Å². The fourth-order valence-electron chi connectivity index (χ4n) is 2.26. The number of rotatable bonds is 9. The second kappa shape index (κ2) is 10.4. The van der Waals surface area contributed by atoms with E-state index in [0.717, 1.165) is 31.3 Å². The number of nitrogens with zero attached hydrogens (tertiary/aromatic N) is 4. The standard InChI is InChI=1S/C17H26N6O/c1-3-16-22-21-14-23(16)11-9-19-17(18-2)20-10-12-24-13-15-7-5-4-6-8-15/h4-8,14H,3,9-13H2,1-2H3,(H2,18,19,20). The molecule has 0 saturated heterocycles. The van der Waals surface area contributed by atoms with Gasteiger partial charge in [-0.1, -0.05) is 37.3 Å². The summed E-state index contributed by atoms with van der Waals surface area (Å²) in [5.41, 5.74) is 1.18. The normalized spacial score (nSPS) is 11.5. The van der Waals surface area contributed by atoms with Crippen molar-refractivity contribution in [3.63, 3.8) is 0 Å². The molecule has 24 heavy (non-hydrogen) atoms. The zero-order valence-electron chi connectivity index (χ0n) is 14.4.